The monoisotopic (exact) mass is 310 g/mol. The van der Waals surface area contributed by atoms with Crippen LogP contribution in [-0.2, 0) is 6.42 Å². The largest absolute Gasteiger partial charge is 0.365 e. The maximum Gasteiger partial charge on any atom is 0.277 e. The Morgan fingerprint density at radius 1 is 1.22 bits per heavy atom. The molecule has 0 atom stereocenters. The van der Waals surface area contributed by atoms with Crippen LogP contribution in [0.4, 0.5) is 11.5 Å². The van der Waals surface area contributed by atoms with Gasteiger partial charge in [-0.2, -0.15) is 0 Å². The molecule has 0 saturated carbocycles. The summed E-state index contributed by atoms with van der Waals surface area (Å²) in [7, 11) is 0. The summed E-state index contributed by atoms with van der Waals surface area (Å²) in [6.07, 6.45) is 0.888. The van der Waals surface area contributed by atoms with Crippen molar-refractivity contribution in [1.29, 1.82) is 0 Å². The lowest BCUT2D eigenvalue weighted by molar-refractivity contribution is 0.0984. The maximum absolute atomic E-state index is 12.9. The Morgan fingerprint density at radius 3 is 2.70 bits per heavy atom. The molecule has 1 N–H and O–H groups in total. The van der Waals surface area contributed by atoms with Crippen LogP contribution in [0.15, 0.2) is 30.3 Å². The lowest BCUT2D eigenvalue weighted by atomic mass is 10.1. The van der Waals surface area contributed by atoms with E-state index in [1.54, 1.807) is 11.0 Å². The first-order chi connectivity index (χ1) is 10.8. The van der Waals surface area contributed by atoms with Crippen molar-refractivity contribution in [2.75, 3.05) is 16.8 Å². The van der Waals surface area contributed by atoms with E-state index in [-0.39, 0.29) is 11.4 Å². The molecule has 0 aliphatic carbocycles. The summed E-state index contributed by atoms with van der Waals surface area (Å²) >= 11 is 0. The topological polar surface area (TPSA) is 58.1 Å². The molecule has 120 valence electrons. The molecule has 5 heteroatoms. The Balaban J connectivity index is 1.92. The van der Waals surface area contributed by atoms with Crippen LogP contribution in [-0.4, -0.2) is 28.0 Å². The second kappa shape index (κ2) is 5.65. The minimum Gasteiger partial charge on any atom is -0.365 e. The molecule has 1 aliphatic heterocycles. The highest BCUT2D eigenvalue weighted by molar-refractivity contribution is 6.06. The van der Waals surface area contributed by atoms with Gasteiger partial charge in [-0.15, -0.1) is 0 Å². The molecule has 0 bridgehead atoms. The molecule has 0 spiro atoms. The second-order valence-corrected chi connectivity index (χ2v) is 6.90. The molecule has 2 heterocycles. The Bertz CT molecular complexity index is 749. The highest BCUT2D eigenvalue weighted by Gasteiger charge is 2.26. The Morgan fingerprint density at radius 2 is 1.96 bits per heavy atom. The minimum atomic E-state index is -0.124. The van der Waals surface area contributed by atoms with Gasteiger partial charge in [0.25, 0.3) is 5.91 Å². The van der Waals surface area contributed by atoms with E-state index in [0.29, 0.717) is 23.9 Å². The van der Waals surface area contributed by atoms with E-state index in [1.165, 1.54) is 5.56 Å². The molecule has 1 aliphatic rings. The van der Waals surface area contributed by atoms with Gasteiger partial charge in [0.2, 0.25) is 0 Å². The average molecular weight is 310 g/mol. The van der Waals surface area contributed by atoms with E-state index < -0.39 is 0 Å². The van der Waals surface area contributed by atoms with Crippen LogP contribution >= 0.6 is 0 Å². The van der Waals surface area contributed by atoms with Crippen LogP contribution in [0.5, 0.6) is 0 Å². The number of carbonyl (C=O) groups excluding carboxylic acids is 1. The third-order valence-electron chi connectivity index (χ3n) is 3.69. The number of anilines is 2. The number of hydrogen-bond donors (Lipinski definition) is 1. The number of amides is 1. The van der Waals surface area contributed by atoms with Crippen molar-refractivity contribution in [3.05, 3.63) is 47.4 Å². The smallest absolute Gasteiger partial charge is 0.277 e. The van der Waals surface area contributed by atoms with Crippen LogP contribution in [0.3, 0.4) is 0 Å². The zero-order chi connectivity index (χ0) is 16.6. The Labute approximate surface area is 136 Å². The van der Waals surface area contributed by atoms with E-state index in [4.69, 9.17) is 0 Å². The summed E-state index contributed by atoms with van der Waals surface area (Å²) in [6, 6.07) is 9.76. The second-order valence-electron chi connectivity index (χ2n) is 6.90. The van der Waals surface area contributed by atoms with Crippen LogP contribution in [0, 0.1) is 6.92 Å². The van der Waals surface area contributed by atoms with Gasteiger partial charge in [-0.3, -0.25) is 4.79 Å². The number of rotatable bonds is 2. The molecular weight excluding hydrogens is 288 g/mol. The number of carbonyl (C=O) groups is 1. The fraction of sp³-hybridized carbons (Fsp3) is 0.389. The summed E-state index contributed by atoms with van der Waals surface area (Å²) in [6.45, 7) is 8.68. The molecular formula is C18H22N4O. The first-order valence-electron chi connectivity index (χ1n) is 7.87. The quantitative estimate of drug-likeness (QED) is 0.925. The van der Waals surface area contributed by atoms with Gasteiger partial charge in [0, 0.05) is 23.8 Å². The summed E-state index contributed by atoms with van der Waals surface area (Å²) < 4.78 is 0. The highest BCUT2D eigenvalue weighted by atomic mass is 16.2. The summed E-state index contributed by atoms with van der Waals surface area (Å²) in [5.41, 5.74) is 2.50. The van der Waals surface area contributed by atoms with Crippen molar-refractivity contribution in [2.24, 2.45) is 0 Å². The molecule has 1 amide bonds. The minimum absolute atomic E-state index is 0.0718. The molecule has 0 saturated heterocycles. The molecule has 2 aromatic rings. The molecule has 1 aromatic carbocycles. The fourth-order valence-electron chi connectivity index (χ4n) is 2.81. The molecule has 0 radical (unpaired) electrons. The normalized spacial score (nSPS) is 13.8. The number of fused-ring (bicyclic) bond motifs is 1. The van der Waals surface area contributed by atoms with Crippen molar-refractivity contribution >= 4 is 17.4 Å². The molecule has 5 nitrogen and oxygen atoms in total. The SMILES string of the molecule is Cc1nc(NC(C)(C)C)cc(C(=O)N2CCc3ccccc32)n1. The van der Waals surface area contributed by atoms with E-state index in [0.717, 1.165) is 12.1 Å². The molecule has 23 heavy (non-hydrogen) atoms. The van der Waals surface area contributed by atoms with Gasteiger partial charge in [-0.25, -0.2) is 9.97 Å². The van der Waals surface area contributed by atoms with E-state index >= 15 is 0 Å². The van der Waals surface area contributed by atoms with Crippen molar-refractivity contribution in [1.82, 2.24) is 9.97 Å². The van der Waals surface area contributed by atoms with Crippen LogP contribution in [0.1, 0.15) is 42.6 Å². The zero-order valence-corrected chi connectivity index (χ0v) is 14.1. The lowest BCUT2D eigenvalue weighted by Gasteiger charge is -2.22. The van der Waals surface area contributed by atoms with Crippen molar-refractivity contribution in [2.45, 2.75) is 39.7 Å². The van der Waals surface area contributed by atoms with Crippen LogP contribution in [0.2, 0.25) is 0 Å². The number of hydrogen-bond acceptors (Lipinski definition) is 4. The molecule has 1 aromatic heterocycles. The first-order valence-corrected chi connectivity index (χ1v) is 7.87. The molecule has 3 rings (SSSR count). The molecule has 0 unspecified atom stereocenters. The summed E-state index contributed by atoms with van der Waals surface area (Å²) in [5, 5.41) is 3.31. The number of para-hydroxylation sites is 1. The van der Waals surface area contributed by atoms with Gasteiger partial charge < -0.3 is 10.2 Å². The third kappa shape index (κ3) is 3.33. The maximum atomic E-state index is 12.9. The predicted molar refractivity (Wildman–Crippen MR) is 92.0 cm³/mol. The summed E-state index contributed by atoms with van der Waals surface area (Å²) in [4.78, 5) is 23.4. The van der Waals surface area contributed by atoms with Gasteiger partial charge >= 0.3 is 0 Å². The number of aryl methyl sites for hydroxylation is 1. The number of nitrogens with zero attached hydrogens (tertiary/aromatic N) is 3. The predicted octanol–water partition coefficient (Wildman–Crippen LogP) is 3.20. The van der Waals surface area contributed by atoms with Gasteiger partial charge in [0.15, 0.2) is 0 Å². The third-order valence-corrected chi connectivity index (χ3v) is 3.69. The highest BCUT2D eigenvalue weighted by Crippen LogP contribution is 2.28. The van der Waals surface area contributed by atoms with Gasteiger partial charge in [0.05, 0.1) is 0 Å². The van der Waals surface area contributed by atoms with E-state index in [2.05, 4.69) is 42.1 Å². The zero-order valence-electron chi connectivity index (χ0n) is 14.1. The standard InChI is InChI=1S/C18H22N4O/c1-12-19-14(11-16(20-12)21-18(2,3)4)17(23)22-10-9-13-7-5-6-8-15(13)22/h5-8,11H,9-10H2,1-4H3,(H,19,20,21). The number of aromatic nitrogens is 2. The van der Waals surface area contributed by atoms with Crippen LogP contribution < -0.4 is 10.2 Å². The van der Waals surface area contributed by atoms with Crippen molar-refractivity contribution in [3.8, 4) is 0 Å². The van der Waals surface area contributed by atoms with Crippen molar-refractivity contribution < 1.29 is 4.79 Å². The Hall–Kier alpha value is -2.43. The van der Waals surface area contributed by atoms with Gasteiger partial charge in [0.1, 0.15) is 17.3 Å². The number of nitrogens with one attached hydrogen (secondary N) is 1. The van der Waals surface area contributed by atoms with E-state index in [1.807, 2.05) is 25.1 Å². The lowest BCUT2D eigenvalue weighted by Crippen LogP contribution is -2.31. The van der Waals surface area contributed by atoms with Crippen LogP contribution in [0.25, 0.3) is 0 Å². The first kappa shape index (κ1) is 15.5. The van der Waals surface area contributed by atoms with Gasteiger partial charge in [-0.05, 0) is 45.7 Å². The molecule has 0 fully saturated rings. The average Bonchev–Trinajstić information content (AvgIpc) is 2.88. The van der Waals surface area contributed by atoms with Crippen molar-refractivity contribution in [3.63, 3.8) is 0 Å². The van der Waals surface area contributed by atoms with Gasteiger partial charge in [-0.1, -0.05) is 18.2 Å². The fourth-order valence-corrected chi connectivity index (χ4v) is 2.81. The van der Waals surface area contributed by atoms with E-state index in [9.17, 15) is 4.79 Å². The summed E-state index contributed by atoms with van der Waals surface area (Å²) in [5.74, 6) is 1.20. The number of benzene rings is 1. The Kier molecular flexibility index (Phi) is 3.80.